The van der Waals surface area contributed by atoms with Crippen LogP contribution in [-0.4, -0.2) is 17.4 Å². The zero-order valence-corrected chi connectivity index (χ0v) is 10.9. The Labute approximate surface area is 112 Å². The lowest BCUT2D eigenvalue weighted by molar-refractivity contribution is 0.0951. The van der Waals surface area contributed by atoms with Gasteiger partial charge in [-0.15, -0.1) is 0 Å². The lowest BCUT2D eigenvalue weighted by Crippen LogP contribution is -2.22. The minimum Gasteiger partial charge on any atom is -0.385 e. The number of hydrogen-bond acceptors (Lipinski definition) is 3. The van der Waals surface area contributed by atoms with Crippen LogP contribution in [0.2, 0.25) is 0 Å². The average molecular weight is 255 g/mol. The van der Waals surface area contributed by atoms with Crippen molar-refractivity contribution in [2.24, 2.45) is 0 Å². The van der Waals surface area contributed by atoms with Crippen LogP contribution >= 0.6 is 0 Å². The van der Waals surface area contributed by atoms with Crippen LogP contribution in [0.5, 0.6) is 0 Å². The van der Waals surface area contributed by atoms with Crippen molar-refractivity contribution >= 4 is 11.6 Å². The molecule has 0 aliphatic carbocycles. The van der Waals surface area contributed by atoms with Gasteiger partial charge in [0.15, 0.2) is 0 Å². The molecule has 98 valence electrons. The Kier molecular flexibility index (Phi) is 4.50. The van der Waals surface area contributed by atoms with Crippen molar-refractivity contribution < 1.29 is 4.79 Å². The number of hydrogen-bond donors (Lipinski definition) is 2. The summed E-state index contributed by atoms with van der Waals surface area (Å²) in [5.74, 6) is -0.0769. The molecule has 0 spiro atoms. The molecular weight excluding hydrogens is 238 g/mol. The Morgan fingerprint density at radius 3 is 2.63 bits per heavy atom. The summed E-state index contributed by atoms with van der Waals surface area (Å²) in [7, 11) is 0. The number of benzene rings is 1. The minimum absolute atomic E-state index is 0.0769. The molecule has 1 aromatic carbocycles. The molecule has 0 aliphatic heterocycles. The van der Waals surface area contributed by atoms with Crippen molar-refractivity contribution in [3.8, 4) is 0 Å². The smallest absolute Gasteiger partial charge is 0.251 e. The molecule has 0 radical (unpaired) electrons. The van der Waals surface area contributed by atoms with Crippen molar-refractivity contribution in [1.29, 1.82) is 0 Å². The molecule has 0 atom stereocenters. The van der Waals surface area contributed by atoms with Crippen molar-refractivity contribution in [2.45, 2.75) is 13.5 Å². The molecule has 1 heterocycles. The standard InChI is InChI=1S/C15H17N3O/c1-2-17-14-7-5-13(6-8-14)15(19)18-11-12-4-3-9-16-10-12/h3-10,17H,2,11H2,1H3,(H,18,19). The van der Waals surface area contributed by atoms with Crippen LogP contribution in [0.25, 0.3) is 0 Å². The summed E-state index contributed by atoms with van der Waals surface area (Å²) in [6.07, 6.45) is 3.46. The van der Waals surface area contributed by atoms with E-state index in [2.05, 4.69) is 15.6 Å². The number of nitrogens with zero attached hydrogens (tertiary/aromatic N) is 1. The van der Waals surface area contributed by atoms with E-state index >= 15 is 0 Å². The number of anilines is 1. The lowest BCUT2D eigenvalue weighted by Gasteiger charge is -2.07. The maximum absolute atomic E-state index is 11.9. The summed E-state index contributed by atoms with van der Waals surface area (Å²) in [5.41, 5.74) is 2.66. The van der Waals surface area contributed by atoms with Crippen molar-refractivity contribution in [3.63, 3.8) is 0 Å². The topological polar surface area (TPSA) is 54.0 Å². The number of nitrogens with one attached hydrogen (secondary N) is 2. The normalized spacial score (nSPS) is 9.95. The average Bonchev–Trinajstić information content (AvgIpc) is 2.47. The molecule has 2 N–H and O–H groups in total. The monoisotopic (exact) mass is 255 g/mol. The fourth-order valence-electron chi connectivity index (χ4n) is 1.73. The summed E-state index contributed by atoms with van der Waals surface area (Å²) in [5, 5.41) is 6.06. The predicted octanol–water partition coefficient (Wildman–Crippen LogP) is 2.44. The second kappa shape index (κ2) is 6.54. The zero-order valence-electron chi connectivity index (χ0n) is 10.9. The fraction of sp³-hybridized carbons (Fsp3) is 0.200. The molecule has 0 saturated heterocycles. The Hall–Kier alpha value is -2.36. The molecule has 2 rings (SSSR count). The van der Waals surface area contributed by atoms with Gasteiger partial charge in [-0.25, -0.2) is 0 Å². The van der Waals surface area contributed by atoms with Gasteiger partial charge < -0.3 is 10.6 Å². The van der Waals surface area contributed by atoms with Gasteiger partial charge >= 0.3 is 0 Å². The molecule has 4 heteroatoms. The van der Waals surface area contributed by atoms with Crippen molar-refractivity contribution in [3.05, 3.63) is 59.9 Å². The van der Waals surface area contributed by atoms with E-state index in [4.69, 9.17) is 0 Å². The van der Waals surface area contributed by atoms with E-state index < -0.39 is 0 Å². The molecule has 0 bridgehead atoms. The minimum atomic E-state index is -0.0769. The van der Waals surface area contributed by atoms with Crippen LogP contribution in [0, 0.1) is 0 Å². The van der Waals surface area contributed by atoms with Crippen LogP contribution in [0.1, 0.15) is 22.8 Å². The number of amides is 1. The highest BCUT2D eigenvalue weighted by Crippen LogP contribution is 2.09. The molecular formula is C15H17N3O. The second-order valence-corrected chi connectivity index (χ2v) is 4.15. The maximum Gasteiger partial charge on any atom is 0.251 e. The van der Waals surface area contributed by atoms with Crippen LogP contribution in [-0.2, 0) is 6.54 Å². The molecule has 0 fully saturated rings. The Morgan fingerprint density at radius 1 is 1.21 bits per heavy atom. The van der Waals surface area contributed by atoms with E-state index in [0.717, 1.165) is 17.8 Å². The number of pyridine rings is 1. The SMILES string of the molecule is CCNc1ccc(C(=O)NCc2cccnc2)cc1. The van der Waals surface area contributed by atoms with Crippen LogP contribution < -0.4 is 10.6 Å². The highest BCUT2D eigenvalue weighted by molar-refractivity contribution is 5.94. The Morgan fingerprint density at radius 2 is 2.00 bits per heavy atom. The van der Waals surface area contributed by atoms with Gasteiger partial charge in [0, 0.05) is 36.7 Å². The van der Waals surface area contributed by atoms with Crippen LogP contribution in [0.3, 0.4) is 0 Å². The second-order valence-electron chi connectivity index (χ2n) is 4.15. The number of carbonyl (C=O) groups is 1. The van der Waals surface area contributed by atoms with Crippen molar-refractivity contribution in [2.75, 3.05) is 11.9 Å². The summed E-state index contributed by atoms with van der Waals surface area (Å²) in [6.45, 7) is 3.39. The third kappa shape index (κ3) is 3.81. The van der Waals surface area contributed by atoms with E-state index in [0.29, 0.717) is 12.1 Å². The number of aromatic nitrogens is 1. The quantitative estimate of drug-likeness (QED) is 0.862. The first-order valence-corrected chi connectivity index (χ1v) is 6.30. The molecule has 0 saturated carbocycles. The molecule has 2 aromatic rings. The van der Waals surface area contributed by atoms with Gasteiger partial charge in [0.1, 0.15) is 0 Å². The van der Waals surface area contributed by atoms with Gasteiger partial charge in [-0.2, -0.15) is 0 Å². The molecule has 1 amide bonds. The number of carbonyl (C=O) groups excluding carboxylic acids is 1. The molecule has 0 aliphatic rings. The molecule has 19 heavy (non-hydrogen) atoms. The van der Waals surface area contributed by atoms with Crippen molar-refractivity contribution in [1.82, 2.24) is 10.3 Å². The zero-order chi connectivity index (χ0) is 13.5. The van der Waals surface area contributed by atoms with E-state index in [1.54, 1.807) is 12.4 Å². The van der Waals surface area contributed by atoms with E-state index in [-0.39, 0.29) is 5.91 Å². The Balaban J connectivity index is 1.92. The van der Waals surface area contributed by atoms with Gasteiger partial charge in [0.25, 0.3) is 5.91 Å². The first-order valence-electron chi connectivity index (χ1n) is 6.30. The highest BCUT2D eigenvalue weighted by Gasteiger charge is 2.04. The molecule has 1 aromatic heterocycles. The van der Waals surface area contributed by atoms with E-state index in [9.17, 15) is 4.79 Å². The third-order valence-electron chi connectivity index (χ3n) is 2.70. The van der Waals surface area contributed by atoms with E-state index in [1.807, 2.05) is 43.3 Å². The van der Waals surface area contributed by atoms with Gasteiger partial charge in [0.05, 0.1) is 0 Å². The summed E-state index contributed by atoms with van der Waals surface area (Å²) in [4.78, 5) is 15.9. The summed E-state index contributed by atoms with van der Waals surface area (Å²) < 4.78 is 0. The largest absolute Gasteiger partial charge is 0.385 e. The first-order chi connectivity index (χ1) is 9.29. The third-order valence-corrected chi connectivity index (χ3v) is 2.70. The lowest BCUT2D eigenvalue weighted by atomic mass is 10.2. The first kappa shape index (κ1) is 13.1. The fourth-order valence-corrected chi connectivity index (χ4v) is 1.73. The van der Waals surface area contributed by atoms with Crippen LogP contribution in [0.4, 0.5) is 5.69 Å². The molecule has 0 unspecified atom stereocenters. The molecule has 4 nitrogen and oxygen atoms in total. The van der Waals surface area contributed by atoms with Gasteiger partial charge in [-0.3, -0.25) is 9.78 Å². The Bertz CT molecular complexity index is 523. The number of rotatable bonds is 5. The predicted molar refractivity (Wildman–Crippen MR) is 76.0 cm³/mol. The van der Waals surface area contributed by atoms with Gasteiger partial charge in [-0.1, -0.05) is 6.07 Å². The van der Waals surface area contributed by atoms with E-state index in [1.165, 1.54) is 0 Å². The maximum atomic E-state index is 11.9. The van der Waals surface area contributed by atoms with Crippen LogP contribution in [0.15, 0.2) is 48.8 Å². The summed E-state index contributed by atoms with van der Waals surface area (Å²) in [6, 6.07) is 11.2. The van der Waals surface area contributed by atoms with Gasteiger partial charge in [0.2, 0.25) is 0 Å². The summed E-state index contributed by atoms with van der Waals surface area (Å²) >= 11 is 0. The van der Waals surface area contributed by atoms with Gasteiger partial charge in [-0.05, 0) is 42.8 Å². The highest BCUT2D eigenvalue weighted by atomic mass is 16.1.